The zero-order valence-corrected chi connectivity index (χ0v) is 12.3. The van der Waals surface area contributed by atoms with Crippen LogP contribution in [0.2, 0.25) is 0 Å². The van der Waals surface area contributed by atoms with Gasteiger partial charge in [-0.2, -0.15) is 16.7 Å². The van der Waals surface area contributed by atoms with Crippen molar-refractivity contribution in [1.82, 2.24) is 15.5 Å². The van der Waals surface area contributed by atoms with E-state index in [1.807, 2.05) is 0 Å². The second-order valence-electron chi connectivity index (χ2n) is 4.90. The molecule has 0 spiro atoms. The molecule has 112 valence electrons. The van der Waals surface area contributed by atoms with E-state index in [-0.39, 0.29) is 5.75 Å². The van der Waals surface area contributed by atoms with Crippen LogP contribution < -0.4 is 5.32 Å². The summed E-state index contributed by atoms with van der Waals surface area (Å²) in [7, 11) is 0. The molecule has 0 aliphatic carbocycles. The van der Waals surface area contributed by atoms with Crippen molar-refractivity contribution in [2.75, 3.05) is 5.75 Å². The first-order valence-corrected chi connectivity index (χ1v) is 6.98. The number of alkyl carbamates (subject to hydrolysis) is 1. The Hall–Kier alpha value is -1.77. The van der Waals surface area contributed by atoms with Crippen molar-refractivity contribution in [3.05, 3.63) is 12.2 Å². The standard InChI is InChI=1S/C11H17N3O5S/c1-11(2,3)19-10(17)13-7(9(15)16)4-20-5-8-12-6-18-14-8/h6-7H,4-5H2,1-3H3,(H,13,17)(H,15,16). The van der Waals surface area contributed by atoms with Crippen LogP contribution in [0.25, 0.3) is 0 Å². The van der Waals surface area contributed by atoms with Gasteiger partial charge in [0, 0.05) is 5.75 Å². The highest BCUT2D eigenvalue weighted by Gasteiger charge is 2.23. The molecule has 9 heteroatoms. The topological polar surface area (TPSA) is 115 Å². The van der Waals surface area contributed by atoms with E-state index in [2.05, 4.69) is 20.0 Å². The molecule has 0 saturated carbocycles. The first kappa shape index (κ1) is 16.3. The fourth-order valence-electron chi connectivity index (χ4n) is 1.15. The number of nitrogens with one attached hydrogen (secondary N) is 1. The maximum atomic E-state index is 11.5. The van der Waals surface area contributed by atoms with Crippen LogP contribution in [0.5, 0.6) is 0 Å². The van der Waals surface area contributed by atoms with Gasteiger partial charge in [-0.25, -0.2) is 9.59 Å². The van der Waals surface area contributed by atoms with Gasteiger partial charge in [-0.05, 0) is 20.8 Å². The number of aliphatic carboxylic acids is 1. The van der Waals surface area contributed by atoms with Gasteiger partial charge in [0.05, 0.1) is 5.75 Å². The zero-order valence-electron chi connectivity index (χ0n) is 11.5. The van der Waals surface area contributed by atoms with Crippen LogP contribution in [0.4, 0.5) is 4.79 Å². The molecule has 0 fully saturated rings. The van der Waals surface area contributed by atoms with E-state index in [1.54, 1.807) is 20.8 Å². The third kappa shape index (κ3) is 6.41. The van der Waals surface area contributed by atoms with Gasteiger partial charge in [0.1, 0.15) is 11.6 Å². The van der Waals surface area contributed by atoms with E-state index >= 15 is 0 Å². The molecule has 1 rings (SSSR count). The number of carbonyl (C=O) groups is 2. The van der Waals surface area contributed by atoms with E-state index < -0.39 is 23.7 Å². The molecule has 1 aromatic rings. The minimum atomic E-state index is -1.13. The lowest BCUT2D eigenvalue weighted by Crippen LogP contribution is -2.44. The molecule has 0 aliphatic rings. The molecule has 8 nitrogen and oxygen atoms in total. The summed E-state index contributed by atoms with van der Waals surface area (Å²) < 4.78 is 9.57. The molecule has 1 heterocycles. The number of aromatic nitrogens is 2. The summed E-state index contributed by atoms with van der Waals surface area (Å²) in [6.07, 6.45) is 0.439. The number of amides is 1. The van der Waals surface area contributed by atoms with E-state index in [4.69, 9.17) is 9.84 Å². The molecule has 0 radical (unpaired) electrons. The molecular weight excluding hydrogens is 286 g/mol. The average molecular weight is 303 g/mol. The molecule has 0 aromatic carbocycles. The third-order valence-corrected chi connectivity index (χ3v) is 2.94. The fraction of sp³-hybridized carbons (Fsp3) is 0.636. The molecule has 20 heavy (non-hydrogen) atoms. The molecule has 0 bridgehead atoms. The number of carboxylic acid groups (broad SMARTS) is 1. The number of thioether (sulfide) groups is 1. The SMILES string of the molecule is CC(C)(C)OC(=O)NC(CSCc1ncon1)C(=O)O. The normalized spacial score (nSPS) is 12.8. The molecule has 0 saturated heterocycles. The lowest BCUT2D eigenvalue weighted by atomic mass is 10.2. The predicted molar refractivity (Wildman–Crippen MR) is 71.3 cm³/mol. The Balaban J connectivity index is 2.40. The molecular formula is C11H17N3O5S. The maximum Gasteiger partial charge on any atom is 0.408 e. The highest BCUT2D eigenvalue weighted by atomic mass is 32.2. The first-order chi connectivity index (χ1) is 9.28. The number of hydrogen-bond donors (Lipinski definition) is 2. The second kappa shape index (κ2) is 7.13. The van der Waals surface area contributed by atoms with Gasteiger partial charge in [0.2, 0.25) is 6.39 Å². The summed E-state index contributed by atoms with van der Waals surface area (Å²) in [4.78, 5) is 26.4. The quantitative estimate of drug-likeness (QED) is 0.807. The van der Waals surface area contributed by atoms with Crippen LogP contribution >= 0.6 is 11.8 Å². The Kier molecular flexibility index (Phi) is 5.81. The number of hydrogen-bond acceptors (Lipinski definition) is 7. The Labute approximate surface area is 120 Å². The average Bonchev–Trinajstić information content (AvgIpc) is 2.77. The third-order valence-electron chi connectivity index (χ3n) is 1.91. The van der Waals surface area contributed by atoms with Crippen LogP contribution in [0.1, 0.15) is 26.6 Å². The van der Waals surface area contributed by atoms with E-state index in [0.717, 1.165) is 0 Å². The highest BCUT2D eigenvalue weighted by molar-refractivity contribution is 7.98. The summed E-state index contributed by atoms with van der Waals surface area (Å²) >= 11 is 1.27. The van der Waals surface area contributed by atoms with Gasteiger partial charge >= 0.3 is 12.1 Å². The molecule has 2 N–H and O–H groups in total. The summed E-state index contributed by atoms with van der Waals surface area (Å²) in [5.74, 6) is -0.0905. The van der Waals surface area contributed by atoms with Crippen LogP contribution in [0, 0.1) is 0 Å². The fourth-order valence-corrected chi connectivity index (χ4v) is 2.04. The lowest BCUT2D eigenvalue weighted by Gasteiger charge is -2.21. The number of carboxylic acids is 1. The largest absolute Gasteiger partial charge is 0.480 e. The Morgan fingerprint density at radius 2 is 2.25 bits per heavy atom. The first-order valence-electron chi connectivity index (χ1n) is 5.83. The van der Waals surface area contributed by atoms with E-state index in [1.165, 1.54) is 18.2 Å². The maximum absolute atomic E-state index is 11.5. The van der Waals surface area contributed by atoms with E-state index in [0.29, 0.717) is 11.6 Å². The second-order valence-corrected chi connectivity index (χ2v) is 5.93. The van der Waals surface area contributed by atoms with Gasteiger partial charge in [-0.15, -0.1) is 0 Å². The van der Waals surface area contributed by atoms with Crippen LogP contribution in [0.15, 0.2) is 10.9 Å². The van der Waals surface area contributed by atoms with Gasteiger partial charge in [-0.3, -0.25) is 0 Å². The van der Waals surface area contributed by atoms with Gasteiger partial charge in [0.25, 0.3) is 0 Å². The van der Waals surface area contributed by atoms with Crippen LogP contribution in [-0.4, -0.2) is 44.7 Å². The lowest BCUT2D eigenvalue weighted by molar-refractivity contribution is -0.138. The van der Waals surface area contributed by atoms with Crippen molar-refractivity contribution >= 4 is 23.8 Å². The minimum Gasteiger partial charge on any atom is -0.480 e. The number of carbonyl (C=O) groups excluding carboxylic acids is 1. The highest BCUT2D eigenvalue weighted by Crippen LogP contribution is 2.11. The zero-order chi connectivity index (χ0) is 15.2. The van der Waals surface area contributed by atoms with Gasteiger partial charge in [-0.1, -0.05) is 5.16 Å². The van der Waals surface area contributed by atoms with Crippen molar-refractivity contribution in [2.24, 2.45) is 0 Å². The van der Waals surface area contributed by atoms with Gasteiger partial charge in [0.15, 0.2) is 5.82 Å². The summed E-state index contributed by atoms with van der Waals surface area (Å²) in [6.45, 7) is 5.11. The Morgan fingerprint density at radius 3 is 2.75 bits per heavy atom. The van der Waals surface area contributed by atoms with Gasteiger partial charge < -0.3 is 19.7 Å². The number of nitrogens with zero attached hydrogens (tertiary/aromatic N) is 2. The smallest absolute Gasteiger partial charge is 0.408 e. The number of rotatable bonds is 6. The molecule has 1 unspecified atom stereocenters. The summed E-state index contributed by atoms with van der Waals surface area (Å²) in [5.41, 5.74) is -0.676. The monoisotopic (exact) mass is 303 g/mol. The summed E-state index contributed by atoms with van der Waals surface area (Å²) in [5, 5.41) is 15.0. The van der Waals surface area contributed by atoms with Crippen molar-refractivity contribution in [1.29, 1.82) is 0 Å². The van der Waals surface area contributed by atoms with Crippen LogP contribution in [0.3, 0.4) is 0 Å². The van der Waals surface area contributed by atoms with Crippen molar-refractivity contribution in [2.45, 2.75) is 38.2 Å². The molecule has 1 aromatic heterocycles. The minimum absolute atomic E-state index is 0.170. The van der Waals surface area contributed by atoms with Crippen LogP contribution in [-0.2, 0) is 15.3 Å². The van der Waals surface area contributed by atoms with Crippen molar-refractivity contribution < 1.29 is 24.0 Å². The molecule has 0 aliphatic heterocycles. The Bertz CT molecular complexity index is 443. The van der Waals surface area contributed by atoms with E-state index in [9.17, 15) is 9.59 Å². The van der Waals surface area contributed by atoms with Crippen molar-refractivity contribution in [3.8, 4) is 0 Å². The predicted octanol–water partition coefficient (Wildman–Crippen LogP) is 1.28. The Morgan fingerprint density at radius 1 is 1.55 bits per heavy atom. The van der Waals surface area contributed by atoms with Crippen molar-refractivity contribution in [3.63, 3.8) is 0 Å². The number of ether oxygens (including phenoxy) is 1. The summed E-state index contributed by atoms with van der Waals surface area (Å²) in [6, 6.07) is -1.04. The molecule has 1 atom stereocenters. The molecule has 1 amide bonds.